The molecule has 2 aliphatic rings. The summed E-state index contributed by atoms with van der Waals surface area (Å²) >= 11 is 0. The molecule has 4 heterocycles. The van der Waals surface area contributed by atoms with E-state index >= 15 is 0 Å². The van der Waals surface area contributed by atoms with Gasteiger partial charge in [-0.1, -0.05) is 13.0 Å². The summed E-state index contributed by atoms with van der Waals surface area (Å²) in [7, 11) is -4.41. The van der Waals surface area contributed by atoms with Crippen molar-refractivity contribution in [1.82, 2.24) is 19.7 Å². The normalized spacial score (nSPS) is 16.5. The Morgan fingerprint density at radius 2 is 1.79 bits per heavy atom. The molecule has 2 aromatic heterocycles. The van der Waals surface area contributed by atoms with Crippen LogP contribution in [0.4, 0.5) is 30.6 Å². The minimum atomic E-state index is -4.63. The quantitative estimate of drug-likeness (QED) is 0.241. The van der Waals surface area contributed by atoms with Crippen LogP contribution in [0.15, 0.2) is 47.6 Å². The average molecular weight is 690 g/mol. The lowest BCUT2D eigenvalue weighted by Crippen LogP contribution is -2.48. The van der Waals surface area contributed by atoms with Crippen LogP contribution >= 0.6 is 0 Å². The number of nitrogens with zero attached hydrogens (tertiary/aromatic N) is 4. The molecular weight excluding hydrogens is 647 g/mol. The van der Waals surface area contributed by atoms with Crippen LogP contribution in [0.5, 0.6) is 0 Å². The van der Waals surface area contributed by atoms with Gasteiger partial charge in [-0.2, -0.15) is 17.9 Å². The fraction of sp³-hybridized carbons (Fsp3) is 0.515. The summed E-state index contributed by atoms with van der Waals surface area (Å²) in [6.07, 6.45) is 1.31. The van der Waals surface area contributed by atoms with Crippen LogP contribution in [0.1, 0.15) is 75.3 Å². The first kappa shape index (κ1) is 35.3. The number of hydrogen-bond acceptors (Lipinski definition) is 10. The van der Waals surface area contributed by atoms with Gasteiger partial charge < -0.3 is 20.3 Å². The maximum absolute atomic E-state index is 13.2. The van der Waals surface area contributed by atoms with Gasteiger partial charge in [-0.05, 0) is 88.8 Å². The van der Waals surface area contributed by atoms with Gasteiger partial charge in [-0.15, -0.1) is 0 Å². The molecule has 3 aromatic rings. The van der Waals surface area contributed by atoms with Crippen molar-refractivity contribution in [2.24, 2.45) is 0 Å². The molecule has 1 aromatic carbocycles. The van der Waals surface area contributed by atoms with E-state index in [1.54, 1.807) is 20.8 Å². The molecule has 0 amide bonds. The van der Waals surface area contributed by atoms with Gasteiger partial charge in [0, 0.05) is 43.4 Å². The lowest BCUT2D eigenvalue weighted by atomic mass is 9.92. The van der Waals surface area contributed by atoms with E-state index < -0.39 is 44.3 Å². The lowest BCUT2D eigenvalue weighted by molar-refractivity contribution is -0.156. The van der Waals surface area contributed by atoms with Crippen molar-refractivity contribution in [2.75, 3.05) is 41.7 Å². The Morgan fingerprint density at radius 1 is 1.08 bits per heavy atom. The third-order valence-corrected chi connectivity index (χ3v) is 9.85. The molecule has 0 spiro atoms. The van der Waals surface area contributed by atoms with Crippen molar-refractivity contribution in [3.8, 4) is 0 Å². The SMILES string of the molecule is CCc1c(NC[C@H](NS(=O)(=O)c2ccc(C(F)(F)F)cc2)C(=O)OC(C)(C)C)ncnc1N1CCC(c2ccc3c(n2)NCCC3)CC1. The van der Waals surface area contributed by atoms with E-state index in [4.69, 9.17) is 9.72 Å². The molecule has 15 heteroatoms. The zero-order chi connectivity index (χ0) is 34.7. The van der Waals surface area contributed by atoms with E-state index in [0.717, 1.165) is 80.3 Å². The molecule has 1 fully saturated rings. The number of pyridine rings is 1. The fourth-order valence-corrected chi connectivity index (χ4v) is 7.12. The Hall–Kier alpha value is -3.98. The number of nitrogens with one attached hydrogen (secondary N) is 3. The molecule has 0 saturated carbocycles. The largest absolute Gasteiger partial charge is 0.459 e. The summed E-state index contributed by atoms with van der Waals surface area (Å²) in [4.78, 5) is 28.9. The van der Waals surface area contributed by atoms with Crippen molar-refractivity contribution in [1.29, 1.82) is 0 Å². The molecule has 0 unspecified atom stereocenters. The van der Waals surface area contributed by atoms with Crippen LogP contribution in [0, 0.1) is 0 Å². The molecule has 3 N–H and O–H groups in total. The number of benzene rings is 1. The van der Waals surface area contributed by atoms with Gasteiger partial charge in [0.15, 0.2) is 0 Å². The lowest BCUT2D eigenvalue weighted by Gasteiger charge is -2.34. The molecule has 5 rings (SSSR count). The Labute approximate surface area is 279 Å². The van der Waals surface area contributed by atoms with E-state index in [1.807, 2.05) is 6.92 Å². The second kappa shape index (κ2) is 14.2. The number of alkyl halides is 3. The van der Waals surface area contributed by atoms with Crippen molar-refractivity contribution in [3.63, 3.8) is 0 Å². The smallest absolute Gasteiger partial charge is 0.416 e. The summed E-state index contributed by atoms with van der Waals surface area (Å²) in [5.41, 5.74) is 1.24. The van der Waals surface area contributed by atoms with Gasteiger partial charge in [0.25, 0.3) is 0 Å². The Morgan fingerprint density at radius 3 is 2.44 bits per heavy atom. The van der Waals surface area contributed by atoms with Crippen molar-refractivity contribution < 1.29 is 31.1 Å². The van der Waals surface area contributed by atoms with Crippen LogP contribution in [-0.2, 0) is 38.6 Å². The molecule has 0 radical (unpaired) electrons. The number of anilines is 3. The number of piperidine rings is 1. The summed E-state index contributed by atoms with van der Waals surface area (Å²) < 4.78 is 73.3. The van der Waals surface area contributed by atoms with Gasteiger partial charge in [-0.25, -0.2) is 23.4 Å². The second-order valence-corrected chi connectivity index (χ2v) is 14.7. The fourth-order valence-electron chi connectivity index (χ4n) is 5.93. The highest BCUT2D eigenvalue weighted by molar-refractivity contribution is 7.89. The number of carbonyl (C=O) groups is 1. The van der Waals surface area contributed by atoms with Crippen LogP contribution in [0.3, 0.4) is 0 Å². The minimum Gasteiger partial charge on any atom is -0.459 e. The zero-order valence-corrected chi connectivity index (χ0v) is 28.3. The Bertz CT molecular complexity index is 1710. The van der Waals surface area contributed by atoms with Gasteiger partial charge in [-0.3, -0.25) is 4.79 Å². The maximum atomic E-state index is 13.2. The molecule has 48 heavy (non-hydrogen) atoms. The number of fused-ring (bicyclic) bond motifs is 1. The predicted octanol–water partition coefficient (Wildman–Crippen LogP) is 5.30. The maximum Gasteiger partial charge on any atom is 0.416 e. The predicted molar refractivity (Wildman–Crippen MR) is 177 cm³/mol. The molecule has 1 atom stereocenters. The van der Waals surface area contributed by atoms with E-state index in [0.29, 0.717) is 30.3 Å². The second-order valence-electron chi connectivity index (χ2n) is 13.0. The van der Waals surface area contributed by atoms with Crippen LogP contribution in [0.2, 0.25) is 0 Å². The first-order chi connectivity index (χ1) is 22.6. The molecule has 11 nitrogen and oxygen atoms in total. The van der Waals surface area contributed by atoms with Gasteiger partial charge in [0.1, 0.15) is 35.4 Å². The molecule has 0 aliphatic carbocycles. The first-order valence-electron chi connectivity index (χ1n) is 16.1. The number of esters is 1. The molecule has 1 saturated heterocycles. The molecular formula is C33H42F3N7O4S. The van der Waals surface area contributed by atoms with Crippen LogP contribution in [0.25, 0.3) is 0 Å². The van der Waals surface area contributed by atoms with Crippen molar-refractivity contribution in [2.45, 2.75) is 88.4 Å². The number of hydrogen-bond donors (Lipinski definition) is 3. The van der Waals surface area contributed by atoms with Gasteiger partial charge >= 0.3 is 12.1 Å². The number of halogens is 3. The summed E-state index contributed by atoms with van der Waals surface area (Å²) in [5, 5.41) is 6.52. The summed E-state index contributed by atoms with van der Waals surface area (Å²) in [6.45, 7) is 9.12. The summed E-state index contributed by atoms with van der Waals surface area (Å²) in [5.74, 6) is 1.66. The third kappa shape index (κ3) is 8.53. The number of carbonyl (C=O) groups excluding carboxylic acids is 1. The molecule has 2 aliphatic heterocycles. The monoisotopic (exact) mass is 689 g/mol. The van der Waals surface area contributed by atoms with E-state index in [9.17, 15) is 26.4 Å². The third-order valence-electron chi connectivity index (χ3n) is 8.36. The van der Waals surface area contributed by atoms with E-state index in [-0.39, 0.29) is 6.54 Å². The Kier molecular flexibility index (Phi) is 10.5. The topological polar surface area (TPSA) is 138 Å². The van der Waals surface area contributed by atoms with E-state index in [2.05, 4.69) is 42.4 Å². The summed E-state index contributed by atoms with van der Waals surface area (Å²) in [6, 6.07) is 5.94. The number of ether oxygens (including phenoxy) is 1. The highest BCUT2D eigenvalue weighted by atomic mass is 32.2. The van der Waals surface area contributed by atoms with Crippen LogP contribution < -0.4 is 20.3 Å². The highest BCUT2D eigenvalue weighted by Crippen LogP contribution is 2.34. The molecule has 0 bridgehead atoms. The van der Waals surface area contributed by atoms with Crippen molar-refractivity contribution in [3.05, 3.63) is 65.1 Å². The Balaban J connectivity index is 1.30. The van der Waals surface area contributed by atoms with Gasteiger partial charge in [0.2, 0.25) is 10.0 Å². The molecule has 260 valence electrons. The average Bonchev–Trinajstić information content (AvgIpc) is 3.05. The zero-order valence-electron chi connectivity index (χ0n) is 27.5. The van der Waals surface area contributed by atoms with Gasteiger partial charge in [0.05, 0.1) is 10.5 Å². The number of aryl methyl sites for hydroxylation is 1. The number of rotatable bonds is 10. The standard InChI is InChI=1S/C33H42F3N7O4S/c1-5-25-29(39-20-40-30(25)43-17-14-21(15-18-43)26-13-8-22-7-6-16-37-28(22)41-26)38-19-27(31(44)47-32(2,3)4)42-48(45,46)24-11-9-23(10-12-24)33(34,35)36/h8-13,20-21,27,42H,5-7,14-19H2,1-4H3,(H,37,41)(H,38,39,40)/t27-/m0/s1. The number of sulfonamides is 1. The van der Waals surface area contributed by atoms with E-state index in [1.165, 1.54) is 11.9 Å². The van der Waals surface area contributed by atoms with Crippen LogP contribution in [-0.4, -0.2) is 67.2 Å². The highest BCUT2D eigenvalue weighted by Gasteiger charge is 2.33. The first-order valence-corrected chi connectivity index (χ1v) is 17.6. The number of aromatic nitrogens is 3. The van der Waals surface area contributed by atoms with Crippen molar-refractivity contribution >= 4 is 33.4 Å². The minimum absolute atomic E-state index is 0.238.